The summed E-state index contributed by atoms with van der Waals surface area (Å²) in [7, 11) is 0. The molecule has 3 aromatic carbocycles. The summed E-state index contributed by atoms with van der Waals surface area (Å²) in [6.07, 6.45) is 0. The van der Waals surface area contributed by atoms with E-state index >= 15 is 0 Å². The summed E-state index contributed by atoms with van der Waals surface area (Å²) < 4.78 is -0.792. The fourth-order valence-electron chi connectivity index (χ4n) is 5.12. The van der Waals surface area contributed by atoms with Gasteiger partial charge in [0, 0.05) is 10.1 Å². The van der Waals surface area contributed by atoms with Gasteiger partial charge in [-0.1, -0.05) is 54.6 Å². The minimum atomic E-state index is -1.38. The zero-order valence-electron chi connectivity index (χ0n) is 21.8. The van der Waals surface area contributed by atoms with Crippen LogP contribution in [0.1, 0.15) is 25.5 Å². The van der Waals surface area contributed by atoms with Gasteiger partial charge in [-0.2, -0.15) is 0 Å². The Balaban J connectivity index is 1.33. The van der Waals surface area contributed by atoms with E-state index in [0.29, 0.717) is 16.3 Å². The van der Waals surface area contributed by atoms with Crippen LogP contribution in [-0.4, -0.2) is 72.0 Å². The minimum absolute atomic E-state index is 0.212. The Hall–Kier alpha value is -4.78. The van der Waals surface area contributed by atoms with E-state index in [1.165, 1.54) is 22.7 Å². The molecule has 2 saturated heterocycles. The number of rotatable bonds is 6. The van der Waals surface area contributed by atoms with Crippen LogP contribution in [0.3, 0.4) is 0 Å². The second-order valence-electron chi connectivity index (χ2n) is 10.2. The number of carbonyl (C=O) groups is 5. The van der Waals surface area contributed by atoms with Crippen LogP contribution in [0, 0.1) is 0 Å². The Labute approximate surface area is 237 Å². The van der Waals surface area contributed by atoms with Crippen molar-refractivity contribution in [1.82, 2.24) is 15.5 Å². The Bertz CT molecular complexity index is 1590. The lowest BCUT2D eigenvalue weighted by Gasteiger charge is -2.44. The monoisotopic (exact) mass is 578 g/mol. The van der Waals surface area contributed by atoms with E-state index in [2.05, 4.69) is 16.0 Å². The highest BCUT2D eigenvalue weighted by molar-refractivity contribution is 8.01. The number of carboxylic acids is 1. The fraction of sp³-hybridized carbons (Fsp3) is 0.250. The molecular weight excluding hydrogens is 552 g/mol. The molecule has 0 bridgehead atoms. The molecule has 2 fully saturated rings. The highest BCUT2D eigenvalue weighted by Crippen LogP contribution is 2.50. The van der Waals surface area contributed by atoms with Crippen molar-refractivity contribution in [2.24, 2.45) is 0 Å². The van der Waals surface area contributed by atoms with Gasteiger partial charge in [-0.15, -0.1) is 11.8 Å². The average Bonchev–Trinajstić information content (AvgIpc) is 3.21. The van der Waals surface area contributed by atoms with Gasteiger partial charge in [-0.05, 0) is 30.9 Å². The summed E-state index contributed by atoms with van der Waals surface area (Å²) >= 11 is 1.25. The van der Waals surface area contributed by atoms with E-state index < -0.39 is 69.3 Å². The van der Waals surface area contributed by atoms with Crippen molar-refractivity contribution in [3.05, 3.63) is 66.2 Å². The molecule has 212 valence electrons. The van der Waals surface area contributed by atoms with Gasteiger partial charge in [-0.25, -0.2) is 4.79 Å². The predicted molar refractivity (Wildman–Crippen MR) is 149 cm³/mol. The average molecular weight is 579 g/mol. The summed E-state index contributed by atoms with van der Waals surface area (Å²) in [4.78, 5) is 65.0. The molecule has 2 aliphatic heterocycles. The number of fused-ring (bicyclic) bond motifs is 2. The quantitative estimate of drug-likeness (QED) is 0.144. The number of hydrogen-bond donors (Lipinski definition) is 6. The van der Waals surface area contributed by atoms with Crippen molar-refractivity contribution < 1.29 is 39.3 Å². The van der Waals surface area contributed by atoms with E-state index in [1.807, 2.05) is 0 Å². The normalized spacial score (nSPS) is 21.4. The molecule has 3 aromatic rings. The van der Waals surface area contributed by atoms with Gasteiger partial charge < -0.3 is 36.2 Å². The van der Waals surface area contributed by atoms with Crippen molar-refractivity contribution in [1.29, 1.82) is 0 Å². The maximum atomic E-state index is 13.4. The van der Waals surface area contributed by atoms with E-state index in [1.54, 1.807) is 68.4 Å². The van der Waals surface area contributed by atoms with Crippen molar-refractivity contribution in [3.63, 3.8) is 0 Å². The number of phenolic OH excluding ortho intramolecular Hbond substituents is 2. The number of nitrogens with one attached hydrogen (secondary N) is 3. The van der Waals surface area contributed by atoms with E-state index in [9.17, 15) is 39.3 Å². The van der Waals surface area contributed by atoms with Crippen molar-refractivity contribution >= 4 is 57.8 Å². The first-order chi connectivity index (χ1) is 19.4. The number of aliphatic carboxylic acids is 1. The second-order valence-corrected chi connectivity index (χ2v) is 12.0. The topological polar surface area (TPSA) is 185 Å². The van der Waals surface area contributed by atoms with Crippen molar-refractivity contribution in [3.8, 4) is 11.5 Å². The number of benzene rings is 3. The molecule has 13 heteroatoms. The zero-order chi connectivity index (χ0) is 29.6. The highest BCUT2D eigenvalue weighted by Gasteiger charge is 2.64. The Kier molecular flexibility index (Phi) is 6.99. The van der Waals surface area contributed by atoms with E-state index in [0.717, 1.165) is 0 Å². The molecule has 2 heterocycles. The molecule has 4 atom stereocenters. The number of carboxylic acid groups (broad SMARTS) is 1. The van der Waals surface area contributed by atoms with Gasteiger partial charge in [-0.3, -0.25) is 19.2 Å². The number of β-lactam (4-membered cyclic amide) rings is 1. The summed E-state index contributed by atoms with van der Waals surface area (Å²) in [5, 5.41) is 37.7. The molecule has 12 nitrogen and oxygen atoms in total. The third-order valence-corrected chi connectivity index (χ3v) is 8.66. The van der Waals surface area contributed by atoms with Crippen LogP contribution in [0.2, 0.25) is 0 Å². The molecule has 0 saturated carbocycles. The number of hydrogen-bond acceptors (Lipinski definition) is 8. The third-order valence-electron chi connectivity index (χ3n) is 7.09. The van der Waals surface area contributed by atoms with Gasteiger partial charge >= 0.3 is 17.8 Å². The Morgan fingerprint density at radius 2 is 1.61 bits per heavy atom. The van der Waals surface area contributed by atoms with Crippen molar-refractivity contribution in [2.45, 2.75) is 42.1 Å². The molecule has 1 unspecified atom stereocenters. The first kappa shape index (κ1) is 27.8. The van der Waals surface area contributed by atoms with Gasteiger partial charge in [0.15, 0.2) is 11.5 Å². The van der Waals surface area contributed by atoms with Gasteiger partial charge in [0.1, 0.15) is 23.5 Å². The zero-order valence-corrected chi connectivity index (χ0v) is 22.6. The lowest BCUT2D eigenvalue weighted by molar-refractivity contribution is -0.161. The molecule has 6 N–H and O–H groups in total. The molecule has 0 aliphatic carbocycles. The fourth-order valence-corrected chi connectivity index (χ4v) is 6.74. The van der Waals surface area contributed by atoms with Gasteiger partial charge in [0.2, 0.25) is 11.8 Å². The van der Waals surface area contributed by atoms with Crippen LogP contribution in [0.15, 0.2) is 60.7 Å². The SMILES string of the molecule is CC1(C)S[C@@H]2[C@H](NC(=O)C(NC(=O)C(=O)Nc3cc4ccccc4c(O)c3O)c3ccccc3)C(=O)N2[C@H]1C(=O)O. The van der Waals surface area contributed by atoms with Crippen LogP contribution in [0.4, 0.5) is 5.69 Å². The third kappa shape index (κ3) is 4.88. The molecule has 0 aromatic heterocycles. The lowest BCUT2D eigenvalue weighted by Crippen LogP contribution is -2.71. The maximum Gasteiger partial charge on any atom is 0.327 e. The lowest BCUT2D eigenvalue weighted by atomic mass is 9.95. The standard InChI is InChI=1S/C28H26N4O8S/c1-28(2)21(27(39)40)32-25(38)18(26(32)41-28)31-22(35)17(13-8-4-3-5-9-13)30-24(37)23(36)29-16-12-14-10-6-7-11-15(14)19(33)20(16)34/h3-12,17-18,21,26,33-34H,1-2H3,(H,29,36)(H,30,37)(H,31,35)(H,39,40)/t17?,18-,21+,26-/m1/s1. The number of thioether (sulfide) groups is 1. The Morgan fingerprint density at radius 3 is 2.29 bits per heavy atom. The molecule has 5 rings (SSSR count). The van der Waals surface area contributed by atoms with Gasteiger partial charge in [0.25, 0.3) is 0 Å². The molecule has 0 radical (unpaired) electrons. The van der Waals surface area contributed by atoms with Crippen LogP contribution >= 0.6 is 11.8 Å². The number of anilines is 1. The highest BCUT2D eigenvalue weighted by atomic mass is 32.2. The predicted octanol–water partition coefficient (Wildman–Crippen LogP) is 1.68. The molecule has 2 aliphatic rings. The van der Waals surface area contributed by atoms with Gasteiger partial charge in [0.05, 0.1) is 5.69 Å². The molecule has 41 heavy (non-hydrogen) atoms. The van der Waals surface area contributed by atoms with Crippen molar-refractivity contribution in [2.75, 3.05) is 5.32 Å². The maximum absolute atomic E-state index is 13.4. The number of phenols is 2. The summed E-state index contributed by atoms with van der Waals surface area (Å²) in [5.41, 5.74) is 0.111. The molecular formula is C28H26N4O8S. The van der Waals surface area contributed by atoms with Crippen LogP contribution in [0.25, 0.3) is 10.8 Å². The number of amides is 4. The summed E-state index contributed by atoms with van der Waals surface area (Å²) in [6, 6.07) is 12.5. The number of carbonyl (C=O) groups excluding carboxylic acids is 4. The van der Waals surface area contributed by atoms with E-state index in [-0.39, 0.29) is 5.69 Å². The smallest absolute Gasteiger partial charge is 0.327 e. The molecule has 4 amide bonds. The second kappa shape index (κ2) is 10.3. The summed E-state index contributed by atoms with van der Waals surface area (Å²) in [5.74, 6) is -6.02. The first-order valence-electron chi connectivity index (χ1n) is 12.5. The number of nitrogens with zero attached hydrogens (tertiary/aromatic N) is 1. The summed E-state index contributed by atoms with van der Waals surface area (Å²) in [6.45, 7) is 3.42. The van der Waals surface area contributed by atoms with Crippen LogP contribution < -0.4 is 16.0 Å². The van der Waals surface area contributed by atoms with Crippen LogP contribution in [0.5, 0.6) is 11.5 Å². The minimum Gasteiger partial charge on any atom is -0.504 e. The Morgan fingerprint density at radius 1 is 0.951 bits per heavy atom. The van der Waals surface area contributed by atoms with E-state index in [4.69, 9.17) is 0 Å². The molecule has 0 spiro atoms. The van der Waals surface area contributed by atoms with Crippen LogP contribution in [-0.2, 0) is 24.0 Å². The number of aromatic hydroxyl groups is 2. The largest absolute Gasteiger partial charge is 0.504 e. The first-order valence-corrected chi connectivity index (χ1v) is 13.4.